The Labute approximate surface area is 196 Å². The smallest absolute Gasteiger partial charge is 0.425 e. The van der Waals surface area contributed by atoms with Gasteiger partial charge in [0.2, 0.25) is 0 Å². The van der Waals surface area contributed by atoms with Crippen LogP contribution in [0.15, 0.2) is 24.3 Å². The van der Waals surface area contributed by atoms with Crippen LogP contribution in [0.1, 0.15) is 45.3 Å². The zero-order valence-electron chi connectivity index (χ0n) is 20.2. The quantitative estimate of drug-likeness (QED) is 0.530. The van der Waals surface area contributed by atoms with Crippen molar-refractivity contribution in [3.8, 4) is 0 Å². The predicted octanol–water partition coefficient (Wildman–Crippen LogP) is 2.20. The molecular weight excluding hydrogens is 422 g/mol. The first-order chi connectivity index (χ1) is 15.7. The number of carbonyl (C=O) groups excluding carboxylic acids is 2. The third-order valence-electron chi connectivity index (χ3n) is 6.56. The molecule has 182 valence electrons. The summed E-state index contributed by atoms with van der Waals surface area (Å²) in [5.41, 5.74) is 4.86. The molecule has 33 heavy (non-hydrogen) atoms. The Balaban J connectivity index is 1.19. The van der Waals surface area contributed by atoms with E-state index < -0.39 is 5.60 Å². The summed E-state index contributed by atoms with van der Waals surface area (Å²) >= 11 is 0. The summed E-state index contributed by atoms with van der Waals surface area (Å²) in [6.45, 7) is 12.1. The second kappa shape index (κ2) is 9.87. The number of hydrogen-bond acceptors (Lipinski definition) is 8. The molecule has 1 unspecified atom stereocenters. The van der Waals surface area contributed by atoms with Crippen LogP contribution in [0.3, 0.4) is 0 Å². The van der Waals surface area contributed by atoms with Crippen LogP contribution in [0.5, 0.6) is 0 Å². The minimum atomic E-state index is -0.423. The Bertz CT molecular complexity index is 824. The van der Waals surface area contributed by atoms with Crippen molar-refractivity contribution in [2.24, 2.45) is 0 Å². The monoisotopic (exact) mass is 459 g/mol. The lowest BCUT2D eigenvalue weighted by Crippen LogP contribution is -2.53. The van der Waals surface area contributed by atoms with Gasteiger partial charge >= 0.3 is 12.1 Å². The largest absolute Gasteiger partial charge is 0.459 e. The summed E-state index contributed by atoms with van der Waals surface area (Å²) in [7, 11) is 1.38. The van der Waals surface area contributed by atoms with Crippen molar-refractivity contribution in [3.05, 3.63) is 29.8 Å². The number of esters is 1. The summed E-state index contributed by atoms with van der Waals surface area (Å²) in [5, 5.41) is 1.48. The summed E-state index contributed by atoms with van der Waals surface area (Å²) in [4.78, 5) is 30.9. The average molecular weight is 460 g/mol. The van der Waals surface area contributed by atoms with E-state index in [-0.39, 0.29) is 18.2 Å². The van der Waals surface area contributed by atoms with Gasteiger partial charge in [-0.25, -0.2) is 9.80 Å². The van der Waals surface area contributed by atoms with E-state index in [2.05, 4.69) is 44.4 Å². The van der Waals surface area contributed by atoms with Crippen LogP contribution in [-0.4, -0.2) is 91.4 Å². The van der Waals surface area contributed by atoms with Crippen LogP contribution in [0.25, 0.3) is 0 Å². The van der Waals surface area contributed by atoms with Crippen LogP contribution in [0.4, 0.5) is 10.5 Å². The van der Waals surface area contributed by atoms with Crippen molar-refractivity contribution < 1.29 is 19.1 Å². The second-order valence-electron chi connectivity index (χ2n) is 10.1. The Kier molecular flexibility index (Phi) is 7.11. The van der Waals surface area contributed by atoms with Gasteiger partial charge in [-0.05, 0) is 51.3 Å². The highest BCUT2D eigenvalue weighted by molar-refractivity contribution is 5.72. The first kappa shape index (κ1) is 23.8. The average Bonchev–Trinajstić information content (AvgIpc) is 3.59. The van der Waals surface area contributed by atoms with E-state index in [4.69, 9.17) is 9.47 Å². The number of rotatable bonds is 5. The number of benzene rings is 1. The molecule has 1 aromatic rings. The number of hydrazine groups is 1. The number of nitrogens with one attached hydrogen (secondary N) is 1. The summed E-state index contributed by atoms with van der Waals surface area (Å²) < 4.78 is 10.2. The van der Waals surface area contributed by atoms with Crippen LogP contribution < -0.4 is 10.3 Å². The van der Waals surface area contributed by atoms with Crippen LogP contribution >= 0.6 is 0 Å². The molecule has 4 rings (SSSR count). The number of hydrogen-bond donors (Lipinski definition) is 1. The fraction of sp³-hybridized carbons (Fsp3) is 0.667. The van der Waals surface area contributed by atoms with Gasteiger partial charge in [0.05, 0.1) is 13.7 Å². The van der Waals surface area contributed by atoms with Gasteiger partial charge < -0.3 is 14.4 Å². The molecule has 9 heteroatoms. The fourth-order valence-electron chi connectivity index (χ4n) is 4.79. The van der Waals surface area contributed by atoms with E-state index in [1.54, 1.807) is 0 Å². The van der Waals surface area contributed by atoms with Gasteiger partial charge in [-0.2, -0.15) is 5.43 Å². The zero-order valence-corrected chi connectivity index (χ0v) is 20.2. The third kappa shape index (κ3) is 6.16. The number of carbonyl (C=O) groups is 2. The van der Waals surface area contributed by atoms with Crippen molar-refractivity contribution in [1.29, 1.82) is 0 Å². The number of methoxy groups -OCH3 is 1. The molecule has 3 aliphatic rings. The standard InChI is InChI=1S/C24H37N5O4/c1-24(2,3)33-21(30)17-26-11-9-20(10-12-26)28-15-13-27(14-16-28)19-7-5-18(6-8-19)22-25-29(22)23(31)32-4/h5-8,20,22,25H,9-17H2,1-4H3. The third-order valence-corrected chi connectivity index (χ3v) is 6.56. The van der Waals surface area contributed by atoms with Gasteiger partial charge in [0, 0.05) is 51.0 Å². The van der Waals surface area contributed by atoms with Gasteiger partial charge in [-0.1, -0.05) is 12.1 Å². The molecular formula is C24H37N5O4. The highest BCUT2D eigenvalue weighted by Crippen LogP contribution is 2.30. The van der Waals surface area contributed by atoms with Gasteiger partial charge in [-0.3, -0.25) is 14.6 Å². The second-order valence-corrected chi connectivity index (χ2v) is 10.1. The number of nitrogens with zero attached hydrogens (tertiary/aromatic N) is 4. The Morgan fingerprint density at radius 2 is 1.64 bits per heavy atom. The molecule has 3 fully saturated rings. The molecule has 0 radical (unpaired) electrons. The van der Waals surface area contributed by atoms with E-state index in [1.807, 2.05) is 20.8 Å². The van der Waals surface area contributed by atoms with Gasteiger partial charge in [0.15, 0.2) is 0 Å². The molecule has 9 nitrogen and oxygen atoms in total. The molecule has 1 amide bonds. The Morgan fingerprint density at radius 1 is 1.00 bits per heavy atom. The molecule has 0 aliphatic carbocycles. The molecule has 0 spiro atoms. The first-order valence-electron chi connectivity index (χ1n) is 11.9. The minimum absolute atomic E-state index is 0.0930. The van der Waals surface area contributed by atoms with Gasteiger partial charge in [0.25, 0.3) is 0 Å². The van der Waals surface area contributed by atoms with Gasteiger partial charge in [-0.15, -0.1) is 0 Å². The summed E-state index contributed by atoms with van der Waals surface area (Å²) in [5.74, 6) is -0.129. The maximum Gasteiger partial charge on any atom is 0.425 e. The first-order valence-corrected chi connectivity index (χ1v) is 11.9. The van der Waals surface area contributed by atoms with E-state index in [0.717, 1.165) is 57.7 Å². The van der Waals surface area contributed by atoms with Crippen molar-refractivity contribution >= 4 is 17.7 Å². The molecule has 3 heterocycles. The SMILES string of the molecule is COC(=O)N1NC1c1ccc(N2CCN(C3CCN(CC(=O)OC(C)(C)C)CC3)CC2)cc1. The lowest BCUT2D eigenvalue weighted by atomic mass is 10.0. The number of piperazine rings is 1. The maximum absolute atomic E-state index is 12.1. The van der Waals surface area contributed by atoms with Crippen molar-refractivity contribution in [3.63, 3.8) is 0 Å². The van der Waals surface area contributed by atoms with Crippen LogP contribution in [0.2, 0.25) is 0 Å². The molecule has 0 bridgehead atoms. The number of piperidine rings is 1. The summed E-state index contributed by atoms with van der Waals surface area (Å²) in [6.07, 6.45) is 1.74. The molecule has 1 N–H and O–H groups in total. The molecule has 0 aromatic heterocycles. The minimum Gasteiger partial charge on any atom is -0.459 e. The van der Waals surface area contributed by atoms with Crippen molar-refractivity contribution in [1.82, 2.24) is 20.2 Å². The molecule has 0 saturated carbocycles. The van der Waals surface area contributed by atoms with E-state index in [0.29, 0.717) is 12.6 Å². The highest BCUT2D eigenvalue weighted by Gasteiger charge is 2.40. The molecule has 1 aromatic carbocycles. The molecule has 3 saturated heterocycles. The molecule has 3 aliphatic heterocycles. The van der Waals surface area contributed by atoms with E-state index in [9.17, 15) is 9.59 Å². The lowest BCUT2D eigenvalue weighted by Gasteiger charge is -2.43. The highest BCUT2D eigenvalue weighted by atomic mass is 16.6. The topological polar surface area (TPSA) is 87.3 Å². The maximum atomic E-state index is 12.1. The number of anilines is 1. The van der Waals surface area contributed by atoms with Crippen LogP contribution in [0, 0.1) is 0 Å². The normalized spacial score (nSPS) is 22.8. The number of amides is 1. The van der Waals surface area contributed by atoms with Gasteiger partial charge in [0.1, 0.15) is 11.8 Å². The van der Waals surface area contributed by atoms with Crippen LogP contribution in [-0.2, 0) is 14.3 Å². The Hall–Kier alpha value is -2.36. The lowest BCUT2D eigenvalue weighted by molar-refractivity contribution is -0.156. The van der Waals surface area contributed by atoms with Crippen molar-refractivity contribution in [2.75, 3.05) is 57.8 Å². The summed E-state index contributed by atoms with van der Waals surface area (Å²) in [6, 6.07) is 9.01. The zero-order chi connectivity index (χ0) is 23.6. The number of ether oxygens (including phenoxy) is 2. The Morgan fingerprint density at radius 3 is 2.21 bits per heavy atom. The predicted molar refractivity (Wildman–Crippen MR) is 126 cm³/mol. The number of likely N-dealkylation sites (tertiary alicyclic amines) is 1. The molecule has 1 atom stereocenters. The fourth-order valence-corrected chi connectivity index (χ4v) is 4.79. The van der Waals surface area contributed by atoms with E-state index in [1.165, 1.54) is 17.8 Å². The van der Waals surface area contributed by atoms with E-state index >= 15 is 0 Å². The van der Waals surface area contributed by atoms with Crippen molar-refractivity contribution in [2.45, 2.75) is 51.4 Å².